The summed E-state index contributed by atoms with van der Waals surface area (Å²) in [5.74, 6) is 0. The second-order valence-corrected chi connectivity index (χ2v) is 5.75. The van der Waals surface area contributed by atoms with Crippen LogP contribution in [0.5, 0.6) is 0 Å². The van der Waals surface area contributed by atoms with Gasteiger partial charge in [0.1, 0.15) is 0 Å². The average Bonchev–Trinajstić information content (AvgIpc) is 2.76. The van der Waals surface area contributed by atoms with Crippen molar-refractivity contribution in [2.24, 2.45) is 5.41 Å². The van der Waals surface area contributed by atoms with E-state index in [1.54, 1.807) is 0 Å². The lowest BCUT2D eigenvalue weighted by Crippen LogP contribution is -2.25. The van der Waals surface area contributed by atoms with E-state index in [9.17, 15) is 5.11 Å². The van der Waals surface area contributed by atoms with Crippen LogP contribution in [-0.2, 0) is 0 Å². The molecule has 1 aromatic rings. The zero-order valence-electron chi connectivity index (χ0n) is 11.3. The predicted octanol–water partition coefficient (Wildman–Crippen LogP) is 4.31. The summed E-state index contributed by atoms with van der Waals surface area (Å²) in [6.07, 6.45) is 5.70. The van der Waals surface area contributed by atoms with E-state index in [0.29, 0.717) is 0 Å². The number of benzene rings is 1. The molecule has 1 aromatic carbocycles. The minimum atomic E-state index is -0.284. The van der Waals surface area contributed by atoms with E-state index < -0.39 is 0 Å². The van der Waals surface area contributed by atoms with Gasteiger partial charge in [-0.1, -0.05) is 49.1 Å². The van der Waals surface area contributed by atoms with Crippen molar-refractivity contribution in [3.63, 3.8) is 0 Å². The summed E-state index contributed by atoms with van der Waals surface area (Å²) >= 11 is 0. The van der Waals surface area contributed by atoms with Gasteiger partial charge in [-0.3, -0.25) is 0 Å². The highest BCUT2D eigenvalue weighted by Gasteiger charge is 2.39. The molecule has 1 N–H and O–H groups in total. The maximum absolute atomic E-state index is 10.7. The Hall–Kier alpha value is -0.820. The fourth-order valence-electron chi connectivity index (χ4n) is 3.42. The highest BCUT2D eigenvalue weighted by molar-refractivity contribution is 5.31. The summed E-state index contributed by atoms with van der Waals surface area (Å²) < 4.78 is 0. The zero-order chi connectivity index (χ0) is 12.5. The molecule has 1 saturated carbocycles. The Bertz CT molecular complexity index is 368. The third kappa shape index (κ3) is 2.40. The number of aliphatic hydroxyl groups is 1. The molecule has 0 bridgehead atoms. The highest BCUT2D eigenvalue weighted by Crippen LogP contribution is 2.50. The van der Waals surface area contributed by atoms with Crippen LogP contribution in [0.1, 0.15) is 61.8 Å². The van der Waals surface area contributed by atoms with Crippen molar-refractivity contribution in [3.8, 4) is 0 Å². The summed E-state index contributed by atoms with van der Waals surface area (Å²) in [6.45, 7) is 6.43. The standard InChI is InChI=1S/C16H24O/c1-4-16(7-5-6-8-16)15(17)14-10-12(2)9-13(3)11-14/h9-11,15,17H,4-8H2,1-3H3. The SMILES string of the molecule is CCC1(C(O)c2cc(C)cc(C)c2)CCCC1. The molecule has 0 heterocycles. The molecule has 0 amide bonds. The Labute approximate surface area is 105 Å². The lowest BCUT2D eigenvalue weighted by Gasteiger charge is -2.34. The molecule has 0 radical (unpaired) electrons. The molecule has 1 unspecified atom stereocenters. The van der Waals surface area contributed by atoms with Crippen LogP contribution < -0.4 is 0 Å². The summed E-state index contributed by atoms with van der Waals surface area (Å²) in [4.78, 5) is 0. The second-order valence-electron chi connectivity index (χ2n) is 5.75. The van der Waals surface area contributed by atoms with Gasteiger partial charge in [0, 0.05) is 5.41 Å². The van der Waals surface area contributed by atoms with E-state index in [4.69, 9.17) is 0 Å². The first kappa shape index (κ1) is 12.6. The van der Waals surface area contributed by atoms with E-state index in [1.807, 2.05) is 0 Å². The summed E-state index contributed by atoms with van der Waals surface area (Å²) in [7, 11) is 0. The number of rotatable bonds is 3. The van der Waals surface area contributed by atoms with E-state index in [-0.39, 0.29) is 11.5 Å². The molecule has 94 valence electrons. The number of hydrogen-bond donors (Lipinski definition) is 1. The van der Waals surface area contributed by atoms with Crippen LogP contribution in [0.2, 0.25) is 0 Å². The number of aryl methyl sites for hydroxylation is 2. The average molecular weight is 232 g/mol. The first-order chi connectivity index (χ1) is 8.07. The normalized spacial score (nSPS) is 20.5. The Morgan fingerprint density at radius 1 is 1.12 bits per heavy atom. The molecule has 17 heavy (non-hydrogen) atoms. The van der Waals surface area contributed by atoms with Gasteiger partial charge < -0.3 is 5.11 Å². The fourth-order valence-corrected chi connectivity index (χ4v) is 3.42. The molecular weight excluding hydrogens is 208 g/mol. The van der Waals surface area contributed by atoms with E-state index in [2.05, 4.69) is 39.0 Å². The van der Waals surface area contributed by atoms with Gasteiger partial charge >= 0.3 is 0 Å². The molecule has 1 atom stereocenters. The van der Waals surface area contributed by atoms with Crippen LogP contribution in [0.25, 0.3) is 0 Å². The van der Waals surface area contributed by atoms with Crippen molar-refractivity contribution in [2.75, 3.05) is 0 Å². The highest BCUT2D eigenvalue weighted by atomic mass is 16.3. The number of hydrogen-bond acceptors (Lipinski definition) is 1. The second kappa shape index (κ2) is 4.81. The molecule has 1 heteroatoms. The molecule has 1 nitrogen and oxygen atoms in total. The Kier molecular flexibility index (Phi) is 3.58. The Morgan fingerprint density at radius 2 is 1.65 bits per heavy atom. The molecular formula is C16H24O. The van der Waals surface area contributed by atoms with Gasteiger partial charge in [-0.05, 0) is 38.7 Å². The minimum Gasteiger partial charge on any atom is -0.388 e. The van der Waals surface area contributed by atoms with Crippen LogP contribution in [0.3, 0.4) is 0 Å². The van der Waals surface area contributed by atoms with Crippen LogP contribution in [0, 0.1) is 19.3 Å². The topological polar surface area (TPSA) is 20.2 Å². The molecule has 1 fully saturated rings. The summed E-state index contributed by atoms with van der Waals surface area (Å²) in [5.41, 5.74) is 3.76. The van der Waals surface area contributed by atoms with Crippen molar-refractivity contribution in [2.45, 2.75) is 59.0 Å². The predicted molar refractivity (Wildman–Crippen MR) is 72.1 cm³/mol. The number of aliphatic hydroxyl groups excluding tert-OH is 1. The molecule has 0 aliphatic heterocycles. The minimum absolute atomic E-state index is 0.139. The first-order valence-corrected chi connectivity index (χ1v) is 6.84. The van der Waals surface area contributed by atoms with Crippen LogP contribution in [-0.4, -0.2) is 5.11 Å². The van der Waals surface area contributed by atoms with Crippen LogP contribution in [0.4, 0.5) is 0 Å². The quantitative estimate of drug-likeness (QED) is 0.823. The summed E-state index contributed by atoms with van der Waals surface area (Å²) in [5, 5.41) is 10.7. The maximum Gasteiger partial charge on any atom is 0.0846 e. The smallest absolute Gasteiger partial charge is 0.0846 e. The Balaban J connectivity index is 2.32. The maximum atomic E-state index is 10.7. The van der Waals surface area contributed by atoms with Gasteiger partial charge in [-0.2, -0.15) is 0 Å². The van der Waals surface area contributed by atoms with Crippen LogP contribution >= 0.6 is 0 Å². The van der Waals surface area contributed by atoms with Gasteiger partial charge in [-0.25, -0.2) is 0 Å². The lowest BCUT2D eigenvalue weighted by atomic mass is 9.75. The third-order valence-corrected chi connectivity index (χ3v) is 4.44. The largest absolute Gasteiger partial charge is 0.388 e. The molecule has 1 aliphatic carbocycles. The van der Waals surface area contributed by atoms with E-state index in [1.165, 1.54) is 36.8 Å². The first-order valence-electron chi connectivity index (χ1n) is 6.84. The fraction of sp³-hybridized carbons (Fsp3) is 0.625. The van der Waals surface area contributed by atoms with Gasteiger partial charge in [-0.15, -0.1) is 0 Å². The monoisotopic (exact) mass is 232 g/mol. The molecule has 2 rings (SSSR count). The Morgan fingerprint density at radius 3 is 2.12 bits per heavy atom. The molecule has 0 saturated heterocycles. The van der Waals surface area contributed by atoms with E-state index >= 15 is 0 Å². The zero-order valence-corrected chi connectivity index (χ0v) is 11.3. The van der Waals surface area contributed by atoms with Crippen LogP contribution in [0.15, 0.2) is 18.2 Å². The van der Waals surface area contributed by atoms with Gasteiger partial charge in [0.2, 0.25) is 0 Å². The van der Waals surface area contributed by atoms with Gasteiger partial charge in [0.25, 0.3) is 0 Å². The van der Waals surface area contributed by atoms with E-state index in [0.717, 1.165) is 12.0 Å². The van der Waals surface area contributed by atoms with Crippen molar-refractivity contribution >= 4 is 0 Å². The van der Waals surface area contributed by atoms with Crippen molar-refractivity contribution in [3.05, 3.63) is 34.9 Å². The molecule has 0 aromatic heterocycles. The van der Waals surface area contributed by atoms with Gasteiger partial charge in [0.15, 0.2) is 0 Å². The van der Waals surface area contributed by atoms with Crippen molar-refractivity contribution in [1.82, 2.24) is 0 Å². The van der Waals surface area contributed by atoms with Crippen molar-refractivity contribution < 1.29 is 5.11 Å². The third-order valence-electron chi connectivity index (χ3n) is 4.44. The lowest BCUT2D eigenvalue weighted by molar-refractivity contribution is 0.0237. The molecule has 0 spiro atoms. The van der Waals surface area contributed by atoms with Gasteiger partial charge in [0.05, 0.1) is 6.10 Å². The van der Waals surface area contributed by atoms with Crippen molar-refractivity contribution in [1.29, 1.82) is 0 Å². The molecule has 1 aliphatic rings. The summed E-state index contributed by atoms with van der Waals surface area (Å²) in [6, 6.07) is 6.46.